The molecule has 7 heteroatoms. The number of carbonyl (C=O) groups excluding carboxylic acids is 1. The zero-order valence-corrected chi connectivity index (χ0v) is 15.6. The Hall–Kier alpha value is -1.76. The van der Waals surface area contributed by atoms with Gasteiger partial charge in [-0.1, -0.05) is 13.8 Å². The molecule has 1 aliphatic heterocycles. The highest BCUT2D eigenvalue weighted by molar-refractivity contribution is 7.92. The second kappa shape index (κ2) is 7.01. The molecule has 2 rings (SSSR count). The van der Waals surface area contributed by atoms with Gasteiger partial charge < -0.3 is 9.64 Å². The summed E-state index contributed by atoms with van der Waals surface area (Å²) in [4.78, 5) is 14.5. The van der Waals surface area contributed by atoms with E-state index in [0.717, 1.165) is 6.42 Å². The molecule has 1 aromatic rings. The topological polar surface area (TPSA) is 75.7 Å². The number of hydrogen-bond donors (Lipinski definition) is 1. The molecule has 1 aliphatic rings. The predicted octanol–water partition coefficient (Wildman–Crippen LogP) is 3.00. The average molecular weight is 354 g/mol. The summed E-state index contributed by atoms with van der Waals surface area (Å²) in [7, 11) is -3.38. The standard InChI is InChI=1S/C17H26N2O4S/c1-5-9-19-14-11-13(18-24(21,22)10-6-2)7-8-15(14)23-12-17(3,4)16(19)20/h7-8,11,18H,5-6,9-10,12H2,1-4H3. The van der Waals surface area contributed by atoms with Crippen molar-refractivity contribution in [3.63, 3.8) is 0 Å². The van der Waals surface area contributed by atoms with E-state index in [-0.39, 0.29) is 11.7 Å². The van der Waals surface area contributed by atoms with Crippen molar-refractivity contribution in [3.05, 3.63) is 18.2 Å². The highest BCUT2D eigenvalue weighted by Crippen LogP contribution is 2.38. The Kier molecular flexibility index (Phi) is 5.42. The van der Waals surface area contributed by atoms with E-state index in [2.05, 4.69) is 4.72 Å². The van der Waals surface area contributed by atoms with Crippen LogP contribution in [0.3, 0.4) is 0 Å². The van der Waals surface area contributed by atoms with Crippen LogP contribution in [0.1, 0.15) is 40.5 Å². The molecule has 1 N–H and O–H groups in total. The van der Waals surface area contributed by atoms with Crippen molar-refractivity contribution in [1.29, 1.82) is 0 Å². The van der Waals surface area contributed by atoms with Crippen LogP contribution < -0.4 is 14.4 Å². The number of rotatable bonds is 6. The second-order valence-corrected chi connectivity index (χ2v) is 8.57. The third-order valence-corrected chi connectivity index (χ3v) is 5.35. The monoisotopic (exact) mass is 354 g/mol. The lowest BCUT2D eigenvalue weighted by molar-refractivity contribution is -0.127. The van der Waals surface area contributed by atoms with E-state index in [1.165, 1.54) is 0 Å². The molecule has 0 spiro atoms. The van der Waals surface area contributed by atoms with Crippen LogP contribution in [0.15, 0.2) is 18.2 Å². The van der Waals surface area contributed by atoms with E-state index in [0.29, 0.717) is 36.7 Å². The summed E-state index contributed by atoms with van der Waals surface area (Å²) in [6, 6.07) is 5.06. The van der Waals surface area contributed by atoms with Crippen molar-refractivity contribution in [1.82, 2.24) is 0 Å². The average Bonchev–Trinajstić information content (AvgIpc) is 2.58. The van der Waals surface area contributed by atoms with E-state index in [9.17, 15) is 13.2 Å². The number of fused-ring (bicyclic) bond motifs is 1. The summed E-state index contributed by atoms with van der Waals surface area (Å²) >= 11 is 0. The molecule has 0 atom stereocenters. The van der Waals surface area contributed by atoms with Crippen LogP contribution >= 0.6 is 0 Å². The number of nitrogens with one attached hydrogen (secondary N) is 1. The molecule has 0 fully saturated rings. The van der Waals surface area contributed by atoms with Gasteiger partial charge in [-0.3, -0.25) is 9.52 Å². The summed E-state index contributed by atoms with van der Waals surface area (Å²) in [5.41, 5.74) is 0.430. The van der Waals surface area contributed by atoms with Crippen LogP contribution in [0.2, 0.25) is 0 Å². The van der Waals surface area contributed by atoms with E-state index >= 15 is 0 Å². The number of ether oxygens (including phenoxy) is 1. The van der Waals surface area contributed by atoms with Crippen LogP contribution in [-0.2, 0) is 14.8 Å². The molecule has 0 unspecified atom stereocenters. The van der Waals surface area contributed by atoms with Gasteiger partial charge in [0.05, 0.1) is 22.5 Å². The van der Waals surface area contributed by atoms with Crippen LogP contribution in [0, 0.1) is 5.41 Å². The first-order chi connectivity index (χ1) is 11.2. The largest absolute Gasteiger partial charge is 0.490 e. The molecule has 0 radical (unpaired) electrons. The zero-order chi connectivity index (χ0) is 18.0. The van der Waals surface area contributed by atoms with E-state index in [4.69, 9.17) is 4.74 Å². The molecule has 0 bridgehead atoms. The summed E-state index contributed by atoms with van der Waals surface area (Å²) < 4.78 is 32.3. The fraction of sp³-hybridized carbons (Fsp3) is 0.588. The second-order valence-electron chi connectivity index (χ2n) is 6.73. The number of amides is 1. The molecular formula is C17H26N2O4S. The SMILES string of the molecule is CCCN1C(=O)C(C)(C)COc2ccc(NS(=O)(=O)CCC)cc21. The zero-order valence-electron chi connectivity index (χ0n) is 14.8. The Labute approximate surface area is 144 Å². The fourth-order valence-electron chi connectivity index (χ4n) is 2.65. The van der Waals surface area contributed by atoms with E-state index in [1.54, 1.807) is 23.1 Å². The molecule has 0 saturated carbocycles. The van der Waals surface area contributed by atoms with Crippen molar-refractivity contribution in [2.45, 2.75) is 40.5 Å². The Morgan fingerprint density at radius 2 is 1.96 bits per heavy atom. The molecule has 134 valence electrons. The minimum Gasteiger partial charge on any atom is -0.490 e. The van der Waals surface area contributed by atoms with Gasteiger partial charge in [0.25, 0.3) is 0 Å². The van der Waals surface area contributed by atoms with Gasteiger partial charge in [-0.2, -0.15) is 0 Å². The Bertz CT molecular complexity index is 713. The third kappa shape index (κ3) is 4.01. The van der Waals surface area contributed by atoms with E-state index in [1.807, 2.05) is 27.7 Å². The molecule has 0 saturated heterocycles. The van der Waals surface area contributed by atoms with Crippen LogP contribution in [0.25, 0.3) is 0 Å². The third-order valence-electron chi connectivity index (χ3n) is 3.86. The van der Waals surface area contributed by atoms with Gasteiger partial charge in [0.15, 0.2) is 0 Å². The molecule has 1 aromatic carbocycles. The summed E-state index contributed by atoms with van der Waals surface area (Å²) in [6.07, 6.45) is 1.34. The lowest BCUT2D eigenvalue weighted by Gasteiger charge is -2.27. The summed E-state index contributed by atoms with van der Waals surface area (Å²) in [6.45, 7) is 8.38. The van der Waals surface area contributed by atoms with Crippen molar-refractivity contribution in [3.8, 4) is 5.75 Å². The molecule has 0 aromatic heterocycles. The summed E-state index contributed by atoms with van der Waals surface area (Å²) in [5, 5.41) is 0. The van der Waals surface area contributed by atoms with Crippen LogP contribution in [-0.4, -0.2) is 33.2 Å². The summed E-state index contributed by atoms with van der Waals surface area (Å²) in [5.74, 6) is 0.642. The van der Waals surface area contributed by atoms with Crippen LogP contribution in [0.4, 0.5) is 11.4 Å². The van der Waals surface area contributed by atoms with E-state index < -0.39 is 15.4 Å². The maximum Gasteiger partial charge on any atom is 0.236 e. The number of hydrogen-bond acceptors (Lipinski definition) is 4. The van der Waals surface area contributed by atoms with Gasteiger partial charge in [-0.25, -0.2) is 8.42 Å². The van der Waals surface area contributed by atoms with Gasteiger partial charge in [-0.15, -0.1) is 0 Å². The van der Waals surface area contributed by atoms with Gasteiger partial charge in [0, 0.05) is 6.54 Å². The van der Waals surface area contributed by atoms with Crippen molar-refractivity contribution < 1.29 is 17.9 Å². The van der Waals surface area contributed by atoms with Crippen molar-refractivity contribution in [2.24, 2.45) is 5.41 Å². The first kappa shape index (κ1) is 18.6. The molecule has 0 aliphatic carbocycles. The van der Waals surface area contributed by atoms with Crippen molar-refractivity contribution in [2.75, 3.05) is 28.5 Å². The quantitative estimate of drug-likeness (QED) is 0.852. The molecule has 1 amide bonds. The maximum atomic E-state index is 12.8. The predicted molar refractivity (Wildman–Crippen MR) is 96.1 cm³/mol. The first-order valence-corrected chi connectivity index (χ1v) is 9.94. The smallest absolute Gasteiger partial charge is 0.236 e. The molecular weight excluding hydrogens is 328 g/mol. The lowest BCUT2D eigenvalue weighted by Crippen LogP contribution is -2.42. The minimum absolute atomic E-state index is 0.0170. The van der Waals surface area contributed by atoms with Gasteiger partial charge in [-0.05, 0) is 44.9 Å². The molecule has 1 heterocycles. The number of anilines is 2. The molecule has 24 heavy (non-hydrogen) atoms. The Balaban J connectivity index is 2.42. The highest BCUT2D eigenvalue weighted by atomic mass is 32.2. The van der Waals surface area contributed by atoms with Gasteiger partial charge in [0.1, 0.15) is 12.4 Å². The number of carbonyl (C=O) groups is 1. The fourth-order valence-corrected chi connectivity index (χ4v) is 3.78. The van der Waals surface area contributed by atoms with Crippen molar-refractivity contribution >= 4 is 27.3 Å². The highest BCUT2D eigenvalue weighted by Gasteiger charge is 2.37. The Morgan fingerprint density at radius 1 is 1.25 bits per heavy atom. The normalized spacial score (nSPS) is 17.0. The molecule has 6 nitrogen and oxygen atoms in total. The maximum absolute atomic E-state index is 12.8. The Morgan fingerprint density at radius 3 is 2.58 bits per heavy atom. The number of benzene rings is 1. The van der Waals surface area contributed by atoms with Gasteiger partial charge in [0.2, 0.25) is 15.9 Å². The lowest BCUT2D eigenvalue weighted by atomic mass is 9.93. The minimum atomic E-state index is -3.38. The van der Waals surface area contributed by atoms with Gasteiger partial charge >= 0.3 is 0 Å². The number of sulfonamides is 1. The number of nitrogens with zero attached hydrogens (tertiary/aromatic N) is 1. The first-order valence-electron chi connectivity index (χ1n) is 8.29. The van der Waals surface area contributed by atoms with Crippen LogP contribution in [0.5, 0.6) is 5.75 Å².